The van der Waals surface area contributed by atoms with E-state index in [1.807, 2.05) is 30.6 Å². The number of likely N-dealkylation sites (tertiary alicyclic amines) is 1. The van der Waals surface area contributed by atoms with Gasteiger partial charge in [-0.25, -0.2) is 0 Å². The van der Waals surface area contributed by atoms with Crippen molar-refractivity contribution < 1.29 is 4.79 Å². The highest BCUT2D eigenvalue weighted by atomic mass is 16.2. The molecule has 2 atom stereocenters. The van der Waals surface area contributed by atoms with E-state index >= 15 is 0 Å². The van der Waals surface area contributed by atoms with Gasteiger partial charge in [-0.15, -0.1) is 0 Å². The zero-order valence-electron chi connectivity index (χ0n) is 11.6. The van der Waals surface area contributed by atoms with Gasteiger partial charge in [0, 0.05) is 50.9 Å². The second kappa shape index (κ2) is 5.10. The molecule has 0 radical (unpaired) electrons. The molecule has 1 amide bonds. The summed E-state index contributed by atoms with van der Waals surface area (Å²) < 4.78 is 1.85. The normalized spacial score (nSPS) is 22.3. The zero-order valence-corrected chi connectivity index (χ0v) is 11.6. The average molecular weight is 250 g/mol. The van der Waals surface area contributed by atoms with E-state index in [4.69, 9.17) is 0 Å². The molecule has 2 heterocycles. The Bertz CT molecular complexity index is 440. The molecule has 5 heteroatoms. The Morgan fingerprint density at radius 1 is 1.50 bits per heavy atom. The molecule has 2 rings (SSSR count). The molecule has 1 aliphatic rings. The number of amides is 1. The zero-order chi connectivity index (χ0) is 13.3. The molecule has 1 saturated heterocycles. The fourth-order valence-corrected chi connectivity index (χ4v) is 2.63. The van der Waals surface area contributed by atoms with Crippen molar-refractivity contribution in [2.24, 2.45) is 7.05 Å². The Morgan fingerprint density at radius 2 is 2.22 bits per heavy atom. The standard InChI is InChI=1S/C13H22N4O/c1-9(12-8-17(4)15-10(12)2)14-11-5-6-13(18)16(3)7-11/h8-9,11,14H,5-7H2,1-4H3. The van der Waals surface area contributed by atoms with Crippen molar-refractivity contribution in [3.8, 4) is 0 Å². The Labute approximate surface area is 108 Å². The number of hydrogen-bond donors (Lipinski definition) is 1. The summed E-state index contributed by atoms with van der Waals surface area (Å²) in [6.45, 7) is 4.98. The first kappa shape index (κ1) is 13.1. The summed E-state index contributed by atoms with van der Waals surface area (Å²) >= 11 is 0. The van der Waals surface area contributed by atoms with Crippen LogP contribution < -0.4 is 5.32 Å². The predicted octanol–water partition coefficient (Wildman–Crippen LogP) is 1.000. The summed E-state index contributed by atoms with van der Waals surface area (Å²) in [4.78, 5) is 13.2. The number of nitrogens with zero attached hydrogens (tertiary/aromatic N) is 3. The third kappa shape index (κ3) is 2.72. The van der Waals surface area contributed by atoms with Crippen LogP contribution >= 0.6 is 0 Å². The van der Waals surface area contributed by atoms with Gasteiger partial charge >= 0.3 is 0 Å². The maximum atomic E-state index is 11.4. The monoisotopic (exact) mass is 250 g/mol. The highest BCUT2D eigenvalue weighted by molar-refractivity contribution is 5.76. The molecule has 1 fully saturated rings. The van der Waals surface area contributed by atoms with Crippen LogP contribution in [-0.2, 0) is 11.8 Å². The number of rotatable bonds is 3. The first-order valence-electron chi connectivity index (χ1n) is 6.47. The number of carbonyl (C=O) groups excluding carboxylic acids is 1. The van der Waals surface area contributed by atoms with E-state index in [0.717, 1.165) is 18.7 Å². The molecule has 1 aromatic rings. The van der Waals surface area contributed by atoms with Gasteiger partial charge in [-0.05, 0) is 20.3 Å². The third-order valence-electron chi connectivity index (χ3n) is 3.63. The molecular weight excluding hydrogens is 228 g/mol. The summed E-state index contributed by atoms with van der Waals surface area (Å²) in [6.07, 6.45) is 3.63. The van der Waals surface area contributed by atoms with Crippen molar-refractivity contribution in [3.63, 3.8) is 0 Å². The fraction of sp³-hybridized carbons (Fsp3) is 0.692. The van der Waals surface area contributed by atoms with E-state index in [2.05, 4.69) is 23.5 Å². The van der Waals surface area contributed by atoms with E-state index in [9.17, 15) is 4.79 Å². The first-order valence-corrected chi connectivity index (χ1v) is 6.47. The molecule has 18 heavy (non-hydrogen) atoms. The average Bonchev–Trinajstić information content (AvgIpc) is 2.63. The lowest BCUT2D eigenvalue weighted by Crippen LogP contribution is -2.47. The molecular formula is C13H22N4O. The van der Waals surface area contributed by atoms with Gasteiger partial charge in [0.05, 0.1) is 5.69 Å². The van der Waals surface area contributed by atoms with Gasteiger partial charge in [0.2, 0.25) is 5.91 Å². The number of likely N-dealkylation sites (N-methyl/N-ethyl adjacent to an activating group) is 1. The summed E-state index contributed by atoms with van der Waals surface area (Å²) in [5, 5.41) is 7.96. The molecule has 1 N–H and O–H groups in total. The van der Waals surface area contributed by atoms with E-state index in [1.54, 1.807) is 0 Å². The molecule has 0 aliphatic carbocycles. The Hall–Kier alpha value is -1.36. The number of carbonyl (C=O) groups is 1. The van der Waals surface area contributed by atoms with Crippen molar-refractivity contribution >= 4 is 5.91 Å². The van der Waals surface area contributed by atoms with Crippen LogP contribution in [0.25, 0.3) is 0 Å². The van der Waals surface area contributed by atoms with Crippen LogP contribution in [0.2, 0.25) is 0 Å². The molecule has 0 aromatic carbocycles. The van der Waals surface area contributed by atoms with Gasteiger partial charge in [0.1, 0.15) is 0 Å². The molecule has 0 spiro atoms. The second-order valence-electron chi connectivity index (χ2n) is 5.24. The number of piperidine rings is 1. The van der Waals surface area contributed by atoms with Gasteiger partial charge < -0.3 is 10.2 Å². The van der Waals surface area contributed by atoms with Crippen LogP contribution in [0, 0.1) is 6.92 Å². The first-order chi connectivity index (χ1) is 8.47. The summed E-state index contributed by atoms with van der Waals surface area (Å²) in [6, 6.07) is 0.646. The summed E-state index contributed by atoms with van der Waals surface area (Å²) in [5.74, 6) is 0.248. The lowest BCUT2D eigenvalue weighted by Gasteiger charge is -2.32. The maximum Gasteiger partial charge on any atom is 0.222 e. The summed E-state index contributed by atoms with van der Waals surface area (Å²) in [5.41, 5.74) is 2.30. The Morgan fingerprint density at radius 3 is 2.78 bits per heavy atom. The fourth-order valence-electron chi connectivity index (χ4n) is 2.63. The third-order valence-corrected chi connectivity index (χ3v) is 3.63. The smallest absolute Gasteiger partial charge is 0.222 e. The van der Waals surface area contributed by atoms with E-state index < -0.39 is 0 Å². The molecule has 5 nitrogen and oxygen atoms in total. The van der Waals surface area contributed by atoms with Crippen molar-refractivity contribution in [2.45, 2.75) is 38.8 Å². The van der Waals surface area contributed by atoms with Gasteiger partial charge in [0.15, 0.2) is 0 Å². The van der Waals surface area contributed by atoms with Gasteiger partial charge in [-0.1, -0.05) is 0 Å². The predicted molar refractivity (Wildman–Crippen MR) is 70.2 cm³/mol. The van der Waals surface area contributed by atoms with Crippen LogP contribution in [0.1, 0.15) is 37.1 Å². The number of aryl methyl sites for hydroxylation is 2. The molecule has 1 aromatic heterocycles. The van der Waals surface area contributed by atoms with Crippen molar-refractivity contribution in [3.05, 3.63) is 17.5 Å². The van der Waals surface area contributed by atoms with Gasteiger partial charge in [-0.3, -0.25) is 9.48 Å². The van der Waals surface area contributed by atoms with Crippen molar-refractivity contribution in [1.29, 1.82) is 0 Å². The molecule has 100 valence electrons. The van der Waals surface area contributed by atoms with Crippen LogP contribution in [0.3, 0.4) is 0 Å². The van der Waals surface area contributed by atoms with Crippen LogP contribution in [0.4, 0.5) is 0 Å². The minimum absolute atomic E-state index is 0.248. The lowest BCUT2D eigenvalue weighted by atomic mass is 10.0. The lowest BCUT2D eigenvalue weighted by molar-refractivity contribution is -0.132. The van der Waals surface area contributed by atoms with E-state index in [0.29, 0.717) is 12.5 Å². The maximum absolute atomic E-state index is 11.4. The van der Waals surface area contributed by atoms with Crippen molar-refractivity contribution in [1.82, 2.24) is 20.0 Å². The second-order valence-corrected chi connectivity index (χ2v) is 5.24. The van der Waals surface area contributed by atoms with Crippen LogP contribution in [0.5, 0.6) is 0 Å². The molecule has 0 bridgehead atoms. The SMILES string of the molecule is Cc1nn(C)cc1C(C)NC1CCC(=O)N(C)C1. The molecule has 2 unspecified atom stereocenters. The minimum Gasteiger partial charge on any atom is -0.344 e. The van der Waals surface area contributed by atoms with E-state index in [1.165, 1.54) is 5.56 Å². The highest BCUT2D eigenvalue weighted by Crippen LogP contribution is 2.19. The number of aromatic nitrogens is 2. The molecule has 1 aliphatic heterocycles. The van der Waals surface area contributed by atoms with Crippen molar-refractivity contribution in [2.75, 3.05) is 13.6 Å². The quantitative estimate of drug-likeness (QED) is 0.870. The Kier molecular flexibility index (Phi) is 3.71. The van der Waals surface area contributed by atoms with Crippen LogP contribution in [0.15, 0.2) is 6.20 Å². The highest BCUT2D eigenvalue weighted by Gasteiger charge is 2.24. The van der Waals surface area contributed by atoms with E-state index in [-0.39, 0.29) is 11.9 Å². The topological polar surface area (TPSA) is 50.2 Å². The minimum atomic E-state index is 0.248. The Balaban J connectivity index is 1.97. The largest absolute Gasteiger partial charge is 0.344 e. The summed E-state index contributed by atoms with van der Waals surface area (Å²) in [7, 11) is 3.81. The van der Waals surface area contributed by atoms with Crippen LogP contribution in [-0.4, -0.2) is 40.2 Å². The van der Waals surface area contributed by atoms with Gasteiger partial charge in [-0.2, -0.15) is 5.10 Å². The van der Waals surface area contributed by atoms with Gasteiger partial charge in [0.25, 0.3) is 0 Å². The molecule has 0 saturated carbocycles. The number of hydrogen-bond acceptors (Lipinski definition) is 3. The number of nitrogens with one attached hydrogen (secondary N) is 1.